The molecule has 0 spiro atoms. The number of nitrogens with zero attached hydrogens (tertiary/aromatic N) is 8. The molecule has 11 nitrogen and oxygen atoms in total. The number of aromatic nitrogens is 6. The van der Waals surface area contributed by atoms with Crippen molar-refractivity contribution >= 4 is 23.1 Å². The number of aryl methyl sites for hydroxylation is 2. The summed E-state index contributed by atoms with van der Waals surface area (Å²) in [5, 5.41) is 0. The number of hydrogen-bond donors (Lipinski definition) is 0. The second kappa shape index (κ2) is 10.2. The number of rotatable bonds is 5. The van der Waals surface area contributed by atoms with Gasteiger partial charge in [-0.2, -0.15) is 9.97 Å². The molecule has 0 N–H and O–H groups in total. The van der Waals surface area contributed by atoms with Crippen LogP contribution in [0.5, 0.6) is 0 Å². The van der Waals surface area contributed by atoms with Gasteiger partial charge in [0, 0.05) is 63.5 Å². The Kier molecular flexibility index (Phi) is 6.69. The minimum atomic E-state index is -0.500. The highest BCUT2D eigenvalue weighted by atomic mass is 16.6. The lowest BCUT2D eigenvalue weighted by molar-refractivity contribution is -0.00120. The van der Waals surface area contributed by atoms with Crippen molar-refractivity contribution in [3.05, 3.63) is 48.0 Å². The van der Waals surface area contributed by atoms with Gasteiger partial charge in [0.1, 0.15) is 17.2 Å². The highest BCUT2D eigenvalue weighted by Crippen LogP contribution is 2.30. The number of carbonyl (C=O) groups is 1. The predicted molar refractivity (Wildman–Crippen MR) is 152 cm³/mol. The number of ether oxygens (including phenoxy) is 2. The van der Waals surface area contributed by atoms with Gasteiger partial charge in [-0.1, -0.05) is 29.8 Å². The second-order valence-electron chi connectivity index (χ2n) is 11.6. The van der Waals surface area contributed by atoms with Gasteiger partial charge in [0.05, 0.1) is 13.2 Å². The summed E-state index contributed by atoms with van der Waals surface area (Å²) in [6, 6.07) is 8.29. The average molecular weight is 545 g/mol. The van der Waals surface area contributed by atoms with Gasteiger partial charge in [-0.3, -0.25) is 4.57 Å². The molecule has 0 unspecified atom stereocenters. The van der Waals surface area contributed by atoms with Crippen LogP contribution in [0.4, 0.5) is 10.6 Å². The van der Waals surface area contributed by atoms with Gasteiger partial charge < -0.3 is 23.8 Å². The Morgan fingerprint density at radius 1 is 1.07 bits per heavy atom. The molecule has 0 radical (unpaired) electrons. The van der Waals surface area contributed by atoms with Gasteiger partial charge >= 0.3 is 6.09 Å². The molecule has 4 aromatic rings. The number of carbonyl (C=O) groups excluding carboxylic acids is 1. The summed E-state index contributed by atoms with van der Waals surface area (Å²) < 4.78 is 15.1. The molecule has 5 heterocycles. The molecule has 0 atom stereocenters. The van der Waals surface area contributed by atoms with Crippen LogP contribution in [0.25, 0.3) is 28.5 Å². The number of likely N-dealkylation sites (tertiary alicyclic amines) is 1. The van der Waals surface area contributed by atoms with E-state index in [1.54, 1.807) is 11.1 Å². The molecule has 0 aliphatic carbocycles. The third-order valence-electron chi connectivity index (χ3n) is 7.34. The maximum Gasteiger partial charge on any atom is 0.410 e. The van der Waals surface area contributed by atoms with Crippen LogP contribution in [0, 0.1) is 12.8 Å². The van der Waals surface area contributed by atoms with Gasteiger partial charge in [-0.25, -0.2) is 14.8 Å². The van der Waals surface area contributed by atoms with E-state index in [4.69, 9.17) is 24.4 Å². The Bertz CT molecular complexity index is 1520. The molecule has 40 heavy (non-hydrogen) atoms. The smallest absolute Gasteiger partial charge is 0.410 e. The van der Waals surface area contributed by atoms with E-state index in [0.717, 1.165) is 53.7 Å². The highest BCUT2D eigenvalue weighted by Gasteiger charge is 2.35. The lowest BCUT2D eigenvalue weighted by Gasteiger charge is -2.39. The normalized spacial score (nSPS) is 16.4. The van der Waals surface area contributed by atoms with E-state index >= 15 is 0 Å². The van der Waals surface area contributed by atoms with Crippen LogP contribution in [0.1, 0.15) is 32.2 Å². The van der Waals surface area contributed by atoms with Crippen LogP contribution < -0.4 is 4.90 Å². The first-order valence-corrected chi connectivity index (χ1v) is 13.8. The van der Waals surface area contributed by atoms with Gasteiger partial charge in [0.2, 0.25) is 5.95 Å². The van der Waals surface area contributed by atoms with E-state index in [9.17, 15) is 4.79 Å². The zero-order chi connectivity index (χ0) is 28.0. The van der Waals surface area contributed by atoms with Crippen LogP contribution in [0.3, 0.4) is 0 Å². The summed E-state index contributed by atoms with van der Waals surface area (Å²) >= 11 is 0. The van der Waals surface area contributed by atoms with Crippen molar-refractivity contribution in [3.63, 3.8) is 0 Å². The number of morpholine rings is 1. The van der Waals surface area contributed by atoms with E-state index in [0.29, 0.717) is 38.2 Å². The summed E-state index contributed by atoms with van der Waals surface area (Å²) in [6.45, 7) is 11.8. The minimum Gasteiger partial charge on any atom is -0.444 e. The first kappa shape index (κ1) is 26.2. The Morgan fingerprint density at radius 3 is 2.50 bits per heavy atom. The fourth-order valence-corrected chi connectivity index (χ4v) is 5.18. The number of benzene rings is 1. The largest absolute Gasteiger partial charge is 0.444 e. The maximum atomic E-state index is 12.4. The quantitative estimate of drug-likeness (QED) is 0.374. The highest BCUT2D eigenvalue weighted by molar-refractivity contribution is 5.85. The predicted octanol–water partition coefficient (Wildman–Crippen LogP) is 3.77. The fourth-order valence-electron chi connectivity index (χ4n) is 5.18. The molecule has 2 saturated heterocycles. The van der Waals surface area contributed by atoms with Gasteiger partial charge in [0.25, 0.3) is 0 Å². The van der Waals surface area contributed by atoms with Crippen LogP contribution in [-0.4, -0.2) is 85.1 Å². The Hall–Kier alpha value is -3.99. The number of hydrogen-bond acceptors (Lipinski definition) is 8. The van der Waals surface area contributed by atoms with Gasteiger partial charge in [-0.15, -0.1) is 0 Å². The first-order valence-electron chi connectivity index (χ1n) is 13.8. The third kappa shape index (κ3) is 5.13. The molecule has 2 fully saturated rings. The standard InChI is InChI=1S/C29H36N8O3/c1-19-6-8-21(9-7-19)24-30-10-11-37(24)27-32-25-23(26(33-27)35-12-14-39-15-13-35)31-22(34(25)5)16-20-17-36(18-20)28(38)40-29(2,3)4/h6-11,20H,12-18H2,1-5H3. The SMILES string of the molecule is Cc1ccc(-c2nccn2-c2nc(N3CCOCC3)c3nc(CC4CN(C(=O)OC(C)(C)C)C4)n(C)c3n2)cc1. The molecule has 2 aliphatic rings. The van der Waals surface area contributed by atoms with E-state index < -0.39 is 5.60 Å². The molecule has 0 saturated carbocycles. The number of amides is 1. The van der Waals surface area contributed by atoms with Crippen LogP contribution >= 0.6 is 0 Å². The summed E-state index contributed by atoms with van der Waals surface area (Å²) in [4.78, 5) is 36.1. The molecule has 11 heteroatoms. The first-order chi connectivity index (χ1) is 19.2. The summed E-state index contributed by atoms with van der Waals surface area (Å²) in [5.41, 5.74) is 3.24. The maximum absolute atomic E-state index is 12.4. The van der Waals surface area contributed by atoms with E-state index in [1.165, 1.54) is 5.56 Å². The average Bonchev–Trinajstić information content (AvgIpc) is 3.50. The van der Waals surface area contributed by atoms with E-state index in [-0.39, 0.29) is 6.09 Å². The molecule has 3 aromatic heterocycles. The molecular formula is C29H36N8O3. The van der Waals surface area contributed by atoms with Gasteiger partial charge in [-0.05, 0) is 27.7 Å². The van der Waals surface area contributed by atoms with Crippen molar-refractivity contribution < 1.29 is 14.3 Å². The molecule has 1 aromatic carbocycles. The molecule has 6 rings (SSSR count). The molecule has 0 bridgehead atoms. The van der Waals surface area contributed by atoms with Crippen molar-refractivity contribution in [2.24, 2.45) is 13.0 Å². The lowest BCUT2D eigenvalue weighted by Crippen LogP contribution is -2.52. The Labute approximate surface area is 233 Å². The van der Waals surface area contributed by atoms with Crippen molar-refractivity contribution in [1.82, 2.24) is 34.0 Å². The third-order valence-corrected chi connectivity index (χ3v) is 7.34. The number of anilines is 1. The zero-order valence-corrected chi connectivity index (χ0v) is 23.8. The summed E-state index contributed by atoms with van der Waals surface area (Å²) in [5.74, 6) is 3.37. The number of fused-ring (bicyclic) bond motifs is 1. The van der Waals surface area contributed by atoms with Crippen LogP contribution in [0.2, 0.25) is 0 Å². The van der Waals surface area contributed by atoms with Crippen LogP contribution in [0.15, 0.2) is 36.7 Å². The van der Waals surface area contributed by atoms with E-state index in [1.807, 2.05) is 38.6 Å². The summed E-state index contributed by atoms with van der Waals surface area (Å²) in [7, 11) is 2.00. The number of imidazole rings is 2. The van der Waals surface area contributed by atoms with Gasteiger partial charge in [0.15, 0.2) is 17.0 Å². The van der Waals surface area contributed by atoms with Crippen molar-refractivity contribution in [3.8, 4) is 17.3 Å². The second-order valence-corrected chi connectivity index (χ2v) is 11.6. The van der Waals surface area contributed by atoms with Crippen molar-refractivity contribution in [1.29, 1.82) is 0 Å². The molecule has 1 amide bonds. The zero-order valence-electron chi connectivity index (χ0n) is 23.8. The fraction of sp³-hybridized carbons (Fsp3) is 0.483. The molecule has 210 valence electrons. The minimum absolute atomic E-state index is 0.261. The van der Waals surface area contributed by atoms with Crippen molar-refractivity contribution in [2.75, 3.05) is 44.3 Å². The topological polar surface area (TPSA) is 103 Å². The summed E-state index contributed by atoms with van der Waals surface area (Å²) in [6.07, 6.45) is 4.16. The van der Waals surface area contributed by atoms with Crippen LogP contribution in [-0.2, 0) is 22.9 Å². The Morgan fingerprint density at radius 2 is 1.80 bits per heavy atom. The Balaban J connectivity index is 1.33. The molecule has 2 aliphatic heterocycles. The van der Waals surface area contributed by atoms with E-state index in [2.05, 4.69) is 45.6 Å². The monoisotopic (exact) mass is 544 g/mol. The molecular weight excluding hydrogens is 508 g/mol. The lowest BCUT2D eigenvalue weighted by atomic mass is 9.96. The van der Waals surface area contributed by atoms with Crippen molar-refractivity contribution in [2.45, 2.75) is 39.7 Å².